The van der Waals surface area contributed by atoms with Gasteiger partial charge in [0.25, 0.3) is 0 Å². The van der Waals surface area contributed by atoms with Crippen LogP contribution in [0.1, 0.15) is 0 Å². The van der Waals surface area contributed by atoms with Gasteiger partial charge in [-0.1, -0.05) is 152 Å². The maximum absolute atomic E-state index is 6.44. The summed E-state index contributed by atoms with van der Waals surface area (Å²) in [6.45, 7) is 0. The highest BCUT2D eigenvalue weighted by Crippen LogP contribution is 2.44. The Labute approximate surface area is 318 Å². The maximum atomic E-state index is 6.44. The van der Waals surface area contributed by atoms with Gasteiger partial charge in [-0.3, -0.25) is 0 Å². The topological polar surface area (TPSA) is 21.3 Å². The molecule has 55 heavy (non-hydrogen) atoms. The maximum Gasteiger partial charge on any atom is 0.143 e. The summed E-state index contributed by atoms with van der Waals surface area (Å²) >= 11 is 0. The fourth-order valence-corrected chi connectivity index (χ4v) is 8.41. The van der Waals surface area contributed by atoms with Crippen LogP contribution in [0.25, 0.3) is 82.5 Å². The summed E-state index contributed by atoms with van der Waals surface area (Å²) in [6, 6.07) is 74.0. The van der Waals surface area contributed by atoms with Crippen LogP contribution in [0.2, 0.25) is 0 Å². The van der Waals surface area contributed by atoms with Crippen molar-refractivity contribution in [2.45, 2.75) is 0 Å². The fourth-order valence-electron chi connectivity index (χ4n) is 8.41. The average molecular weight is 703 g/mol. The summed E-state index contributed by atoms with van der Waals surface area (Å²) in [5, 5.41) is 7.17. The summed E-state index contributed by atoms with van der Waals surface area (Å²) in [6.07, 6.45) is 0. The molecule has 3 nitrogen and oxygen atoms in total. The van der Waals surface area contributed by atoms with E-state index in [2.05, 4.69) is 204 Å². The van der Waals surface area contributed by atoms with Gasteiger partial charge in [-0.15, -0.1) is 0 Å². The predicted molar refractivity (Wildman–Crippen MR) is 231 cm³/mol. The average Bonchev–Trinajstić information content (AvgIpc) is 3.80. The molecule has 0 radical (unpaired) electrons. The van der Waals surface area contributed by atoms with Gasteiger partial charge in [-0.25, -0.2) is 0 Å². The molecule has 0 saturated carbocycles. The van der Waals surface area contributed by atoms with E-state index >= 15 is 0 Å². The molecule has 0 spiro atoms. The van der Waals surface area contributed by atoms with Crippen LogP contribution >= 0.6 is 0 Å². The van der Waals surface area contributed by atoms with E-state index < -0.39 is 0 Å². The van der Waals surface area contributed by atoms with Crippen molar-refractivity contribution in [1.29, 1.82) is 0 Å². The van der Waals surface area contributed by atoms with Crippen molar-refractivity contribution >= 4 is 71.6 Å². The molecule has 2 heterocycles. The minimum absolute atomic E-state index is 0.904. The molecule has 3 heteroatoms. The molecule has 0 fully saturated rings. The highest BCUT2D eigenvalue weighted by molar-refractivity contribution is 6.11. The second-order valence-electron chi connectivity index (χ2n) is 14.1. The third-order valence-corrected chi connectivity index (χ3v) is 11.0. The molecule has 0 aliphatic rings. The summed E-state index contributed by atoms with van der Waals surface area (Å²) in [5.41, 5.74) is 13.1. The molecule has 9 aromatic carbocycles. The Bertz CT molecular complexity index is 3210. The second-order valence-corrected chi connectivity index (χ2v) is 14.1. The van der Waals surface area contributed by atoms with Crippen LogP contribution in [0.3, 0.4) is 0 Å². The summed E-state index contributed by atoms with van der Waals surface area (Å²) in [5.74, 6) is 0. The third-order valence-electron chi connectivity index (χ3n) is 11.0. The molecule has 0 amide bonds. The van der Waals surface area contributed by atoms with E-state index in [1.165, 1.54) is 32.6 Å². The number of fused-ring (bicyclic) bond motifs is 7. The molecular formula is C52H34N2O. The van der Waals surface area contributed by atoms with Crippen LogP contribution in [0.4, 0.5) is 17.1 Å². The predicted octanol–water partition coefficient (Wildman–Crippen LogP) is 14.6. The van der Waals surface area contributed by atoms with Gasteiger partial charge in [-0.2, -0.15) is 0 Å². The van der Waals surface area contributed by atoms with Crippen LogP contribution in [0.5, 0.6) is 0 Å². The first-order valence-corrected chi connectivity index (χ1v) is 18.8. The second kappa shape index (κ2) is 12.6. The Morgan fingerprint density at radius 3 is 1.93 bits per heavy atom. The third kappa shape index (κ3) is 5.13. The Hall–Kier alpha value is -7.36. The van der Waals surface area contributed by atoms with Crippen LogP contribution in [-0.2, 0) is 0 Å². The number of anilines is 3. The first-order chi connectivity index (χ1) is 27.3. The zero-order chi connectivity index (χ0) is 36.3. The zero-order valence-corrected chi connectivity index (χ0v) is 29.9. The van der Waals surface area contributed by atoms with E-state index in [0.717, 1.165) is 66.9 Å². The van der Waals surface area contributed by atoms with E-state index in [-0.39, 0.29) is 0 Å². The Balaban J connectivity index is 1.12. The van der Waals surface area contributed by atoms with Crippen molar-refractivity contribution in [3.8, 4) is 27.9 Å². The Kier molecular flexibility index (Phi) is 7.17. The first-order valence-electron chi connectivity index (χ1n) is 18.8. The molecule has 2 aromatic heterocycles. The summed E-state index contributed by atoms with van der Waals surface area (Å²) < 4.78 is 8.86. The van der Waals surface area contributed by atoms with Crippen molar-refractivity contribution < 1.29 is 4.42 Å². The van der Waals surface area contributed by atoms with Crippen molar-refractivity contribution in [1.82, 2.24) is 4.57 Å². The standard InChI is InChI=1S/C52H34N2O/c1-2-14-36(15-3-1)42-17-6-9-22-48(42)53(39-28-26-37(27-29-39)43-20-12-21-47-46-19-8-11-24-51(46)55-52(43)47)41-31-32-45-44-18-7-10-23-49(44)54(50(45)34-41)40-30-25-35-13-4-5-16-38(35)33-40/h1-34H. The number of aromatic nitrogens is 1. The lowest BCUT2D eigenvalue weighted by Crippen LogP contribution is -2.11. The SMILES string of the molecule is c1ccc(-c2ccccc2N(c2ccc(-c3cccc4c3oc3ccccc34)cc2)c2ccc3c4ccccc4n(-c4ccc5ccccc5c4)c3c2)cc1. The molecule has 0 unspecified atom stereocenters. The van der Waals surface area contributed by atoms with Crippen molar-refractivity contribution in [2.75, 3.05) is 4.90 Å². The van der Waals surface area contributed by atoms with Crippen LogP contribution in [0.15, 0.2) is 211 Å². The largest absolute Gasteiger partial charge is 0.455 e. The van der Waals surface area contributed by atoms with Crippen LogP contribution in [-0.4, -0.2) is 4.57 Å². The zero-order valence-electron chi connectivity index (χ0n) is 29.9. The van der Waals surface area contributed by atoms with Crippen LogP contribution < -0.4 is 4.90 Å². The molecule has 0 saturated heterocycles. The summed E-state index contributed by atoms with van der Waals surface area (Å²) in [7, 11) is 0. The molecule has 0 bridgehead atoms. The van der Waals surface area contributed by atoms with Gasteiger partial charge in [0, 0.05) is 49.7 Å². The van der Waals surface area contributed by atoms with Gasteiger partial charge in [0.15, 0.2) is 0 Å². The smallest absolute Gasteiger partial charge is 0.143 e. The van der Waals surface area contributed by atoms with Gasteiger partial charge < -0.3 is 13.9 Å². The minimum Gasteiger partial charge on any atom is -0.455 e. The molecule has 0 N–H and O–H groups in total. The van der Waals surface area contributed by atoms with Crippen molar-refractivity contribution in [3.63, 3.8) is 0 Å². The number of hydrogen-bond donors (Lipinski definition) is 0. The quantitative estimate of drug-likeness (QED) is 0.172. The molecular weight excluding hydrogens is 669 g/mol. The number of nitrogens with zero attached hydrogens (tertiary/aromatic N) is 2. The fraction of sp³-hybridized carbons (Fsp3) is 0. The molecule has 11 aromatic rings. The molecule has 0 atom stereocenters. The van der Waals surface area contributed by atoms with E-state index in [0.29, 0.717) is 0 Å². The van der Waals surface area contributed by atoms with E-state index in [9.17, 15) is 0 Å². The van der Waals surface area contributed by atoms with E-state index in [1.807, 2.05) is 12.1 Å². The Morgan fingerprint density at radius 2 is 1.04 bits per heavy atom. The number of benzene rings is 9. The highest BCUT2D eigenvalue weighted by Gasteiger charge is 2.21. The van der Waals surface area contributed by atoms with Gasteiger partial charge >= 0.3 is 0 Å². The number of rotatable bonds is 6. The molecule has 258 valence electrons. The summed E-state index contributed by atoms with van der Waals surface area (Å²) in [4.78, 5) is 2.40. The monoisotopic (exact) mass is 702 g/mol. The van der Waals surface area contributed by atoms with E-state index in [4.69, 9.17) is 4.42 Å². The van der Waals surface area contributed by atoms with Gasteiger partial charge in [0.05, 0.1) is 16.7 Å². The lowest BCUT2D eigenvalue weighted by Gasteiger charge is -2.28. The van der Waals surface area contributed by atoms with Crippen molar-refractivity contribution in [2.24, 2.45) is 0 Å². The number of para-hydroxylation sites is 4. The first kappa shape index (κ1) is 31.2. The lowest BCUT2D eigenvalue weighted by molar-refractivity contribution is 0.670. The minimum atomic E-state index is 0.904. The van der Waals surface area contributed by atoms with Crippen molar-refractivity contribution in [3.05, 3.63) is 206 Å². The normalized spacial score (nSPS) is 11.6. The van der Waals surface area contributed by atoms with Gasteiger partial charge in [-0.05, 0) is 76.5 Å². The number of hydrogen-bond acceptors (Lipinski definition) is 2. The van der Waals surface area contributed by atoms with Gasteiger partial charge in [0.1, 0.15) is 11.2 Å². The lowest BCUT2D eigenvalue weighted by atomic mass is 10.00. The molecule has 11 rings (SSSR count). The van der Waals surface area contributed by atoms with Crippen LogP contribution in [0, 0.1) is 0 Å². The molecule has 0 aliphatic carbocycles. The van der Waals surface area contributed by atoms with E-state index in [1.54, 1.807) is 0 Å². The Morgan fingerprint density at radius 1 is 0.382 bits per heavy atom. The highest BCUT2D eigenvalue weighted by atomic mass is 16.3. The van der Waals surface area contributed by atoms with Gasteiger partial charge in [0.2, 0.25) is 0 Å². The number of furan rings is 1. The molecule has 0 aliphatic heterocycles.